The maximum absolute atomic E-state index is 11.7. The van der Waals surface area contributed by atoms with Crippen LogP contribution in [0.2, 0.25) is 10.0 Å². The average molecular weight is 357 g/mol. The molecule has 0 aliphatic heterocycles. The molecule has 1 heterocycles. The second-order valence-electron chi connectivity index (χ2n) is 4.50. The van der Waals surface area contributed by atoms with E-state index in [0.29, 0.717) is 16.5 Å². The number of carbonyl (C=O) groups excluding carboxylic acids is 2. The van der Waals surface area contributed by atoms with Crippen LogP contribution in [0, 0.1) is 0 Å². The first-order valence-corrected chi connectivity index (χ1v) is 7.42. The predicted octanol–water partition coefficient (Wildman–Crippen LogP) is 2.86. The molecule has 23 heavy (non-hydrogen) atoms. The van der Waals surface area contributed by atoms with E-state index in [-0.39, 0.29) is 30.7 Å². The standard InChI is InChI=1S/C15H14Cl2N2O4/c16-11-4-1-5-12(15(11)17)19-14(21)9-22-8-13(20)18-7-10-3-2-6-23-10/h1-6H,7-9H2,(H,18,20)(H,19,21). The summed E-state index contributed by atoms with van der Waals surface area (Å²) in [5.74, 6) is -0.158. The van der Waals surface area contributed by atoms with Gasteiger partial charge in [0.1, 0.15) is 19.0 Å². The number of amides is 2. The second kappa shape index (κ2) is 8.57. The maximum atomic E-state index is 11.7. The summed E-state index contributed by atoms with van der Waals surface area (Å²) in [6, 6.07) is 8.35. The van der Waals surface area contributed by atoms with Crippen LogP contribution >= 0.6 is 23.2 Å². The fourth-order valence-corrected chi connectivity index (χ4v) is 2.02. The van der Waals surface area contributed by atoms with E-state index < -0.39 is 5.91 Å². The van der Waals surface area contributed by atoms with Crippen LogP contribution in [0.1, 0.15) is 5.76 Å². The molecule has 0 saturated carbocycles. The molecule has 1 aromatic heterocycles. The van der Waals surface area contributed by atoms with E-state index in [2.05, 4.69) is 10.6 Å². The van der Waals surface area contributed by atoms with Crippen LogP contribution in [0.5, 0.6) is 0 Å². The Bertz CT molecular complexity index is 674. The summed E-state index contributed by atoms with van der Waals surface area (Å²) in [6.45, 7) is -0.256. The van der Waals surface area contributed by atoms with Gasteiger partial charge in [-0.05, 0) is 24.3 Å². The number of hydrogen-bond acceptors (Lipinski definition) is 4. The fraction of sp³-hybridized carbons (Fsp3) is 0.200. The smallest absolute Gasteiger partial charge is 0.250 e. The van der Waals surface area contributed by atoms with E-state index in [4.69, 9.17) is 32.4 Å². The van der Waals surface area contributed by atoms with E-state index in [1.54, 1.807) is 30.3 Å². The highest BCUT2D eigenvalue weighted by Crippen LogP contribution is 2.29. The molecule has 0 spiro atoms. The first-order chi connectivity index (χ1) is 11.1. The van der Waals surface area contributed by atoms with Crippen molar-refractivity contribution >= 4 is 40.7 Å². The number of rotatable bonds is 7. The normalized spacial score (nSPS) is 10.3. The maximum Gasteiger partial charge on any atom is 0.250 e. The minimum atomic E-state index is -0.437. The van der Waals surface area contributed by atoms with Crippen LogP contribution in [0.3, 0.4) is 0 Å². The zero-order valence-electron chi connectivity index (χ0n) is 12.0. The van der Waals surface area contributed by atoms with Gasteiger partial charge in [0, 0.05) is 0 Å². The van der Waals surface area contributed by atoms with E-state index in [0.717, 1.165) is 0 Å². The van der Waals surface area contributed by atoms with E-state index >= 15 is 0 Å². The van der Waals surface area contributed by atoms with Crippen molar-refractivity contribution in [2.45, 2.75) is 6.54 Å². The number of nitrogens with one attached hydrogen (secondary N) is 2. The molecule has 0 bridgehead atoms. The Kier molecular flexibility index (Phi) is 6.46. The Balaban J connectivity index is 1.68. The summed E-state index contributed by atoms with van der Waals surface area (Å²) in [4.78, 5) is 23.2. The molecular formula is C15H14Cl2N2O4. The molecule has 2 N–H and O–H groups in total. The van der Waals surface area contributed by atoms with Gasteiger partial charge in [-0.1, -0.05) is 29.3 Å². The van der Waals surface area contributed by atoms with Crippen LogP contribution in [0.25, 0.3) is 0 Å². The van der Waals surface area contributed by atoms with Crippen molar-refractivity contribution in [3.63, 3.8) is 0 Å². The Labute approximate surface area is 142 Å². The van der Waals surface area contributed by atoms with Gasteiger partial charge in [-0.3, -0.25) is 9.59 Å². The number of halogens is 2. The lowest BCUT2D eigenvalue weighted by Gasteiger charge is -2.08. The van der Waals surface area contributed by atoms with Crippen molar-refractivity contribution in [3.8, 4) is 0 Å². The summed E-state index contributed by atoms with van der Waals surface area (Å²) in [5.41, 5.74) is 0.384. The van der Waals surface area contributed by atoms with E-state index in [9.17, 15) is 9.59 Å². The van der Waals surface area contributed by atoms with Crippen molar-refractivity contribution in [2.24, 2.45) is 0 Å². The SMILES string of the molecule is O=C(COCC(=O)Nc1cccc(Cl)c1Cl)NCc1ccco1. The summed E-state index contributed by atoms with van der Waals surface area (Å²) in [5, 5.41) is 5.73. The number of benzene rings is 1. The highest BCUT2D eigenvalue weighted by molar-refractivity contribution is 6.43. The Morgan fingerprint density at radius 3 is 2.61 bits per heavy atom. The van der Waals surface area contributed by atoms with Gasteiger partial charge in [0.05, 0.1) is 28.5 Å². The molecule has 1 aromatic carbocycles. The van der Waals surface area contributed by atoms with Crippen molar-refractivity contribution in [1.82, 2.24) is 5.32 Å². The van der Waals surface area contributed by atoms with Crippen LogP contribution in [0.15, 0.2) is 41.0 Å². The Morgan fingerprint density at radius 2 is 1.87 bits per heavy atom. The third-order valence-corrected chi connectivity index (χ3v) is 3.55. The van der Waals surface area contributed by atoms with Crippen molar-refractivity contribution in [2.75, 3.05) is 18.5 Å². The third-order valence-electron chi connectivity index (χ3n) is 2.73. The summed E-state index contributed by atoms with van der Waals surface area (Å²) in [6.07, 6.45) is 1.52. The molecule has 0 aliphatic rings. The monoisotopic (exact) mass is 356 g/mol. The molecule has 122 valence electrons. The summed E-state index contributed by atoms with van der Waals surface area (Å²) >= 11 is 11.8. The largest absolute Gasteiger partial charge is 0.467 e. The topological polar surface area (TPSA) is 80.6 Å². The van der Waals surface area contributed by atoms with Crippen LogP contribution in [-0.2, 0) is 20.9 Å². The Hall–Kier alpha value is -2.02. The predicted molar refractivity (Wildman–Crippen MR) is 86.5 cm³/mol. The molecular weight excluding hydrogens is 343 g/mol. The van der Waals surface area contributed by atoms with Gasteiger partial charge in [0.25, 0.3) is 0 Å². The van der Waals surface area contributed by atoms with Gasteiger partial charge in [-0.15, -0.1) is 0 Å². The van der Waals surface area contributed by atoms with Crippen LogP contribution in [-0.4, -0.2) is 25.0 Å². The number of furan rings is 1. The molecule has 0 saturated heterocycles. The number of hydrogen-bond donors (Lipinski definition) is 2. The number of ether oxygens (including phenoxy) is 1. The first kappa shape index (κ1) is 17.3. The molecule has 6 nitrogen and oxygen atoms in total. The van der Waals surface area contributed by atoms with Crippen molar-refractivity contribution < 1.29 is 18.7 Å². The molecule has 0 fully saturated rings. The minimum Gasteiger partial charge on any atom is -0.467 e. The van der Waals surface area contributed by atoms with Gasteiger partial charge in [0.15, 0.2) is 0 Å². The third kappa shape index (κ3) is 5.59. The highest BCUT2D eigenvalue weighted by Gasteiger charge is 2.09. The van der Waals surface area contributed by atoms with E-state index in [1.807, 2.05) is 0 Å². The van der Waals surface area contributed by atoms with Crippen LogP contribution in [0.4, 0.5) is 5.69 Å². The summed E-state index contributed by atoms with van der Waals surface area (Å²) in [7, 11) is 0. The quantitative estimate of drug-likeness (QED) is 0.799. The van der Waals surface area contributed by atoms with Gasteiger partial charge in [0.2, 0.25) is 11.8 Å². The molecule has 0 aliphatic carbocycles. The fourth-order valence-electron chi connectivity index (χ4n) is 1.67. The van der Waals surface area contributed by atoms with Crippen molar-refractivity contribution in [3.05, 3.63) is 52.4 Å². The van der Waals surface area contributed by atoms with Gasteiger partial charge in [-0.25, -0.2) is 0 Å². The zero-order valence-corrected chi connectivity index (χ0v) is 13.5. The average Bonchev–Trinajstić information content (AvgIpc) is 3.03. The zero-order chi connectivity index (χ0) is 16.7. The highest BCUT2D eigenvalue weighted by atomic mass is 35.5. The van der Waals surface area contributed by atoms with Gasteiger partial charge in [-0.2, -0.15) is 0 Å². The molecule has 0 radical (unpaired) electrons. The molecule has 0 unspecified atom stereocenters. The Morgan fingerprint density at radius 1 is 1.09 bits per heavy atom. The number of carbonyl (C=O) groups is 2. The van der Waals surface area contributed by atoms with E-state index in [1.165, 1.54) is 6.26 Å². The summed E-state index contributed by atoms with van der Waals surface area (Å²) < 4.78 is 10.1. The van der Waals surface area contributed by atoms with Gasteiger partial charge < -0.3 is 19.8 Å². The molecule has 2 amide bonds. The lowest BCUT2D eigenvalue weighted by molar-refractivity contribution is -0.128. The number of anilines is 1. The van der Waals surface area contributed by atoms with Gasteiger partial charge >= 0.3 is 0 Å². The van der Waals surface area contributed by atoms with Crippen molar-refractivity contribution in [1.29, 1.82) is 0 Å². The molecule has 8 heteroatoms. The van der Waals surface area contributed by atoms with Crippen LogP contribution < -0.4 is 10.6 Å². The molecule has 2 aromatic rings. The lowest BCUT2D eigenvalue weighted by atomic mass is 10.3. The molecule has 2 rings (SSSR count). The molecule has 0 atom stereocenters. The second-order valence-corrected chi connectivity index (χ2v) is 5.28. The lowest BCUT2D eigenvalue weighted by Crippen LogP contribution is -2.29. The first-order valence-electron chi connectivity index (χ1n) is 6.67. The minimum absolute atomic E-state index is 0.239.